The normalized spacial score (nSPS) is 21.3. The van der Waals surface area contributed by atoms with Crippen LogP contribution in [0.5, 0.6) is 0 Å². The first-order valence-corrected chi connectivity index (χ1v) is 6.51. The van der Waals surface area contributed by atoms with Crippen LogP contribution >= 0.6 is 0 Å². The van der Waals surface area contributed by atoms with Crippen molar-refractivity contribution in [3.8, 4) is 0 Å². The molecule has 0 saturated carbocycles. The third-order valence-corrected chi connectivity index (χ3v) is 4.16. The zero-order valence-electron chi connectivity index (χ0n) is 12.0. The Balaban J connectivity index is 2.24. The van der Waals surface area contributed by atoms with Crippen LogP contribution in [0.15, 0.2) is 18.2 Å². The molecule has 1 fully saturated rings. The van der Waals surface area contributed by atoms with Gasteiger partial charge in [0.25, 0.3) is 6.43 Å². The van der Waals surface area contributed by atoms with Gasteiger partial charge in [0, 0.05) is 12.0 Å². The smallest absolute Gasteiger partial charge is 0.407 e. The predicted molar refractivity (Wildman–Crippen MR) is 71.6 cm³/mol. The summed E-state index contributed by atoms with van der Waals surface area (Å²) in [6.45, 7) is 8.36. The van der Waals surface area contributed by atoms with Crippen LogP contribution in [0.25, 0.3) is 0 Å². The van der Waals surface area contributed by atoms with E-state index in [1.807, 2.05) is 27.7 Å². The van der Waals surface area contributed by atoms with Gasteiger partial charge in [-0.2, -0.15) is 0 Å². The maximum Gasteiger partial charge on any atom is 0.494 e. The Morgan fingerprint density at radius 1 is 1.20 bits per heavy atom. The Kier molecular flexibility index (Phi) is 3.91. The van der Waals surface area contributed by atoms with Crippen LogP contribution in [0.2, 0.25) is 0 Å². The van der Waals surface area contributed by atoms with E-state index in [-0.39, 0.29) is 5.41 Å². The van der Waals surface area contributed by atoms with Crippen molar-refractivity contribution in [1.82, 2.24) is 0 Å². The van der Waals surface area contributed by atoms with E-state index in [2.05, 4.69) is 0 Å². The minimum atomic E-state index is -2.83. The fraction of sp³-hybridized carbons (Fsp3) is 0.571. The van der Waals surface area contributed by atoms with Crippen LogP contribution in [-0.2, 0) is 9.31 Å². The molecule has 0 unspecified atom stereocenters. The Morgan fingerprint density at radius 2 is 1.85 bits per heavy atom. The van der Waals surface area contributed by atoms with Crippen molar-refractivity contribution in [2.45, 2.75) is 39.7 Å². The maximum absolute atomic E-state index is 13.6. The fourth-order valence-electron chi connectivity index (χ4n) is 1.95. The van der Waals surface area contributed by atoms with Crippen LogP contribution in [0, 0.1) is 11.2 Å². The summed E-state index contributed by atoms with van der Waals surface area (Å²) in [7, 11) is -0.737. The zero-order valence-corrected chi connectivity index (χ0v) is 12.0. The van der Waals surface area contributed by atoms with Crippen molar-refractivity contribution in [3.63, 3.8) is 0 Å². The largest absolute Gasteiger partial charge is 0.494 e. The fourth-order valence-corrected chi connectivity index (χ4v) is 1.95. The summed E-state index contributed by atoms with van der Waals surface area (Å²) in [4.78, 5) is 0. The first-order valence-electron chi connectivity index (χ1n) is 6.51. The van der Waals surface area contributed by atoms with Crippen molar-refractivity contribution in [2.75, 3.05) is 6.61 Å². The Bertz CT molecular complexity index is 503. The van der Waals surface area contributed by atoms with Crippen molar-refractivity contribution in [1.29, 1.82) is 0 Å². The SMILES string of the molecule is CC1(C)COB(c2ccc(C(F)F)c(F)c2)OC1(C)C. The highest BCUT2D eigenvalue weighted by atomic mass is 19.3. The summed E-state index contributed by atoms with van der Waals surface area (Å²) in [5.74, 6) is -0.938. The summed E-state index contributed by atoms with van der Waals surface area (Å²) >= 11 is 0. The molecule has 0 aromatic heterocycles. The lowest BCUT2D eigenvalue weighted by atomic mass is 9.69. The molecule has 110 valence electrons. The van der Waals surface area contributed by atoms with Crippen molar-refractivity contribution >= 4 is 12.6 Å². The molecule has 0 N–H and O–H groups in total. The Hall–Kier alpha value is -1.01. The molecule has 0 radical (unpaired) electrons. The lowest BCUT2D eigenvalue weighted by Gasteiger charge is -2.47. The maximum atomic E-state index is 13.6. The zero-order chi connectivity index (χ0) is 15.1. The lowest BCUT2D eigenvalue weighted by Crippen LogP contribution is -2.58. The van der Waals surface area contributed by atoms with E-state index in [9.17, 15) is 13.2 Å². The van der Waals surface area contributed by atoms with E-state index >= 15 is 0 Å². The lowest BCUT2D eigenvalue weighted by molar-refractivity contribution is -0.0937. The molecule has 1 saturated heterocycles. The van der Waals surface area contributed by atoms with Gasteiger partial charge in [0.15, 0.2) is 0 Å². The van der Waals surface area contributed by atoms with Crippen molar-refractivity contribution in [2.24, 2.45) is 5.41 Å². The number of halogens is 3. The first kappa shape index (κ1) is 15.4. The molecule has 6 heteroatoms. The highest BCUT2D eigenvalue weighted by molar-refractivity contribution is 6.61. The summed E-state index contributed by atoms with van der Waals surface area (Å²) in [6, 6.07) is 3.55. The third kappa shape index (κ3) is 2.72. The highest BCUT2D eigenvalue weighted by Gasteiger charge is 2.47. The van der Waals surface area contributed by atoms with Gasteiger partial charge in [-0.05, 0) is 25.4 Å². The van der Waals surface area contributed by atoms with E-state index in [4.69, 9.17) is 9.31 Å². The van der Waals surface area contributed by atoms with Gasteiger partial charge in [0.05, 0.1) is 11.2 Å². The molecule has 0 amide bonds. The van der Waals surface area contributed by atoms with Gasteiger partial charge in [0.2, 0.25) is 0 Å². The number of rotatable bonds is 2. The molecule has 0 aliphatic carbocycles. The monoisotopic (exact) mass is 286 g/mol. The summed E-state index contributed by atoms with van der Waals surface area (Å²) in [6.07, 6.45) is -2.83. The van der Waals surface area contributed by atoms with Gasteiger partial charge in [-0.1, -0.05) is 26.0 Å². The van der Waals surface area contributed by atoms with Gasteiger partial charge in [-0.3, -0.25) is 0 Å². The van der Waals surface area contributed by atoms with Gasteiger partial charge in [-0.15, -0.1) is 0 Å². The van der Waals surface area contributed by atoms with Gasteiger partial charge in [0.1, 0.15) is 5.82 Å². The Labute approximate surface area is 117 Å². The van der Waals surface area contributed by atoms with E-state index < -0.39 is 30.5 Å². The molecular weight excluding hydrogens is 268 g/mol. The Morgan fingerprint density at radius 3 is 2.35 bits per heavy atom. The highest BCUT2D eigenvalue weighted by Crippen LogP contribution is 2.38. The van der Waals surface area contributed by atoms with Crippen molar-refractivity contribution < 1.29 is 22.5 Å². The van der Waals surface area contributed by atoms with Crippen LogP contribution in [0.3, 0.4) is 0 Å². The molecule has 0 bridgehead atoms. The molecular formula is C14H18BF3O2. The van der Waals surface area contributed by atoms with Crippen LogP contribution in [-0.4, -0.2) is 19.3 Å². The molecule has 0 spiro atoms. The molecule has 20 heavy (non-hydrogen) atoms. The summed E-state index contributed by atoms with van der Waals surface area (Å²) < 4.78 is 50.1. The molecule has 1 heterocycles. The van der Waals surface area contributed by atoms with Gasteiger partial charge >= 0.3 is 7.12 Å². The minimum absolute atomic E-state index is 0.190. The second kappa shape index (κ2) is 5.08. The van der Waals surface area contributed by atoms with E-state index in [0.29, 0.717) is 12.1 Å². The molecule has 2 rings (SSSR count). The first-order chi connectivity index (χ1) is 9.14. The number of alkyl halides is 2. The standard InChI is InChI=1S/C14H18BF3O2/c1-13(2)8-19-15(20-14(13,3)4)9-5-6-10(12(17)18)11(16)7-9/h5-7,12H,8H2,1-4H3. The minimum Gasteiger partial charge on any atom is -0.407 e. The van der Waals surface area contributed by atoms with E-state index in [0.717, 1.165) is 12.1 Å². The quantitative estimate of drug-likeness (QED) is 0.776. The summed E-state index contributed by atoms with van der Waals surface area (Å²) in [5.41, 5.74) is -0.849. The van der Waals surface area contributed by atoms with Gasteiger partial charge in [-0.25, -0.2) is 13.2 Å². The average Bonchev–Trinajstić information content (AvgIpc) is 2.32. The molecule has 1 aliphatic heterocycles. The average molecular weight is 286 g/mol. The molecule has 2 nitrogen and oxygen atoms in total. The molecule has 1 aromatic carbocycles. The van der Waals surface area contributed by atoms with E-state index in [1.165, 1.54) is 6.07 Å². The molecule has 1 aromatic rings. The molecule has 0 atom stereocenters. The van der Waals surface area contributed by atoms with Crippen LogP contribution < -0.4 is 5.46 Å². The topological polar surface area (TPSA) is 18.5 Å². The number of hydrogen-bond donors (Lipinski definition) is 0. The van der Waals surface area contributed by atoms with Crippen LogP contribution in [0.4, 0.5) is 13.2 Å². The molecule has 1 aliphatic rings. The van der Waals surface area contributed by atoms with Crippen LogP contribution in [0.1, 0.15) is 39.7 Å². The number of hydrogen-bond acceptors (Lipinski definition) is 2. The van der Waals surface area contributed by atoms with E-state index in [1.54, 1.807) is 0 Å². The summed E-state index contributed by atoms with van der Waals surface area (Å²) in [5, 5.41) is 0. The predicted octanol–water partition coefficient (Wildman–Crippen LogP) is 3.31. The number of benzene rings is 1. The van der Waals surface area contributed by atoms with Crippen molar-refractivity contribution in [3.05, 3.63) is 29.6 Å². The third-order valence-electron chi connectivity index (χ3n) is 4.16. The van der Waals surface area contributed by atoms with Gasteiger partial charge < -0.3 is 9.31 Å². The second-order valence-corrected chi connectivity index (χ2v) is 6.24. The second-order valence-electron chi connectivity index (χ2n) is 6.24.